The van der Waals surface area contributed by atoms with Crippen LogP contribution in [-0.2, 0) is 22.7 Å². The molecule has 2 atom stereocenters. The van der Waals surface area contributed by atoms with Crippen molar-refractivity contribution in [2.75, 3.05) is 18.1 Å². The van der Waals surface area contributed by atoms with E-state index in [-0.39, 0.29) is 12.0 Å². The molecule has 1 fully saturated rings. The van der Waals surface area contributed by atoms with Gasteiger partial charge in [0, 0.05) is 6.04 Å². The monoisotopic (exact) mass is 309 g/mol. The highest BCUT2D eigenvalue weighted by Gasteiger charge is 2.34. The smallest absolute Gasteiger partial charge is 0.150 e. The van der Waals surface area contributed by atoms with E-state index in [0.29, 0.717) is 11.5 Å². The Balaban J connectivity index is 2.37. The van der Waals surface area contributed by atoms with Gasteiger partial charge in [0.05, 0.1) is 11.5 Å². The molecule has 1 aromatic carbocycles. The number of hydrogen-bond acceptors (Lipinski definition) is 3. The summed E-state index contributed by atoms with van der Waals surface area (Å²) < 4.78 is 23.7. The first-order chi connectivity index (χ1) is 10.0. The van der Waals surface area contributed by atoms with Crippen molar-refractivity contribution in [1.29, 1.82) is 0 Å². The van der Waals surface area contributed by atoms with Gasteiger partial charge in [-0.1, -0.05) is 39.0 Å². The van der Waals surface area contributed by atoms with Gasteiger partial charge in [-0.05, 0) is 48.4 Å². The van der Waals surface area contributed by atoms with Crippen LogP contribution in [0, 0.1) is 5.92 Å². The summed E-state index contributed by atoms with van der Waals surface area (Å²) in [4.78, 5) is 0. The van der Waals surface area contributed by atoms with Crippen LogP contribution in [0.1, 0.15) is 49.9 Å². The Morgan fingerprint density at radius 2 is 2.00 bits per heavy atom. The van der Waals surface area contributed by atoms with E-state index in [1.54, 1.807) is 0 Å². The summed E-state index contributed by atoms with van der Waals surface area (Å²) in [5, 5.41) is 3.54. The van der Waals surface area contributed by atoms with Gasteiger partial charge >= 0.3 is 0 Å². The molecule has 1 aromatic rings. The van der Waals surface area contributed by atoms with E-state index in [0.717, 1.165) is 25.8 Å². The number of benzene rings is 1. The minimum absolute atomic E-state index is 0.161. The van der Waals surface area contributed by atoms with Crippen molar-refractivity contribution in [1.82, 2.24) is 5.32 Å². The summed E-state index contributed by atoms with van der Waals surface area (Å²) in [6.45, 7) is 7.28. The molecule has 0 aromatic heterocycles. The van der Waals surface area contributed by atoms with Crippen molar-refractivity contribution in [3.8, 4) is 0 Å². The number of rotatable bonds is 6. The summed E-state index contributed by atoms with van der Waals surface area (Å²) in [7, 11) is -2.84. The molecular formula is C17H27NO2S. The number of sulfone groups is 1. The molecule has 0 bridgehead atoms. The SMILES string of the molecule is CCNC(c1cc(CC)ccc1CC)C1CCS(=O)(=O)C1. The van der Waals surface area contributed by atoms with E-state index in [4.69, 9.17) is 0 Å². The predicted molar refractivity (Wildman–Crippen MR) is 88.4 cm³/mol. The van der Waals surface area contributed by atoms with Crippen molar-refractivity contribution in [3.63, 3.8) is 0 Å². The maximum atomic E-state index is 11.8. The Bertz CT molecular complexity index is 580. The first-order valence-corrected chi connectivity index (χ1v) is 9.88. The van der Waals surface area contributed by atoms with Crippen molar-refractivity contribution < 1.29 is 8.42 Å². The molecule has 1 N–H and O–H groups in total. The van der Waals surface area contributed by atoms with Crippen LogP contribution in [0.5, 0.6) is 0 Å². The van der Waals surface area contributed by atoms with Crippen molar-refractivity contribution >= 4 is 9.84 Å². The molecule has 0 spiro atoms. The molecule has 2 rings (SSSR count). The van der Waals surface area contributed by atoms with Crippen LogP contribution in [0.15, 0.2) is 18.2 Å². The molecule has 21 heavy (non-hydrogen) atoms. The van der Waals surface area contributed by atoms with E-state index in [1.807, 2.05) is 0 Å². The summed E-state index contributed by atoms with van der Waals surface area (Å²) in [5.41, 5.74) is 3.97. The standard InChI is InChI=1S/C17H27NO2S/c1-4-13-7-8-14(5-2)16(11-13)17(18-6-3)15-9-10-21(19,20)12-15/h7-8,11,15,17-18H,4-6,9-10,12H2,1-3H3. The second-order valence-electron chi connectivity index (χ2n) is 5.94. The Morgan fingerprint density at radius 1 is 1.24 bits per heavy atom. The largest absolute Gasteiger partial charge is 0.310 e. The molecule has 1 saturated heterocycles. The third-order valence-corrected chi connectivity index (χ3v) is 6.29. The van der Waals surface area contributed by atoms with Gasteiger partial charge in [0.15, 0.2) is 9.84 Å². The van der Waals surface area contributed by atoms with Gasteiger partial charge in [-0.3, -0.25) is 0 Å². The van der Waals surface area contributed by atoms with Crippen LogP contribution in [0.25, 0.3) is 0 Å². The van der Waals surface area contributed by atoms with E-state index >= 15 is 0 Å². The molecule has 1 aliphatic rings. The van der Waals surface area contributed by atoms with Crippen LogP contribution < -0.4 is 5.32 Å². The average Bonchev–Trinajstić information content (AvgIpc) is 2.84. The minimum Gasteiger partial charge on any atom is -0.310 e. The van der Waals surface area contributed by atoms with Crippen molar-refractivity contribution in [3.05, 3.63) is 34.9 Å². The fourth-order valence-electron chi connectivity index (χ4n) is 3.31. The van der Waals surface area contributed by atoms with Gasteiger partial charge in [-0.15, -0.1) is 0 Å². The maximum Gasteiger partial charge on any atom is 0.150 e. The van der Waals surface area contributed by atoms with E-state index in [9.17, 15) is 8.42 Å². The first-order valence-electron chi connectivity index (χ1n) is 8.06. The lowest BCUT2D eigenvalue weighted by Crippen LogP contribution is -2.30. The maximum absolute atomic E-state index is 11.8. The zero-order valence-electron chi connectivity index (χ0n) is 13.4. The molecule has 0 amide bonds. The fraction of sp³-hybridized carbons (Fsp3) is 0.647. The van der Waals surface area contributed by atoms with E-state index < -0.39 is 9.84 Å². The Hall–Kier alpha value is -0.870. The van der Waals surface area contributed by atoms with Gasteiger partial charge in [-0.2, -0.15) is 0 Å². The molecule has 0 aliphatic carbocycles. The average molecular weight is 309 g/mol. The lowest BCUT2D eigenvalue weighted by molar-refractivity contribution is 0.398. The van der Waals surface area contributed by atoms with Gasteiger partial charge in [-0.25, -0.2) is 8.42 Å². The molecule has 118 valence electrons. The lowest BCUT2D eigenvalue weighted by atomic mass is 9.87. The topological polar surface area (TPSA) is 46.2 Å². The lowest BCUT2D eigenvalue weighted by Gasteiger charge is -2.26. The van der Waals surface area contributed by atoms with Crippen molar-refractivity contribution in [2.45, 2.75) is 46.1 Å². The van der Waals surface area contributed by atoms with Crippen LogP contribution in [0.3, 0.4) is 0 Å². The van der Waals surface area contributed by atoms with Gasteiger partial charge < -0.3 is 5.32 Å². The molecule has 1 aliphatic heterocycles. The normalized spacial score (nSPS) is 22.3. The van der Waals surface area contributed by atoms with E-state index in [2.05, 4.69) is 44.3 Å². The zero-order chi connectivity index (χ0) is 15.5. The Kier molecular flexibility index (Phi) is 5.44. The van der Waals surface area contributed by atoms with E-state index in [1.165, 1.54) is 16.7 Å². The summed E-state index contributed by atoms with van der Waals surface area (Å²) in [6, 6.07) is 6.84. The quantitative estimate of drug-likeness (QED) is 0.879. The molecule has 1 heterocycles. The van der Waals surface area contributed by atoms with Gasteiger partial charge in [0.2, 0.25) is 0 Å². The molecular weight excluding hydrogens is 282 g/mol. The Labute approximate surface area is 129 Å². The predicted octanol–water partition coefficient (Wildman–Crippen LogP) is 2.90. The summed E-state index contributed by atoms with van der Waals surface area (Å²) in [5.74, 6) is 0.867. The van der Waals surface area contributed by atoms with Crippen LogP contribution in [0.4, 0.5) is 0 Å². The number of aryl methyl sites for hydroxylation is 2. The summed E-state index contributed by atoms with van der Waals surface area (Å²) >= 11 is 0. The number of nitrogens with one attached hydrogen (secondary N) is 1. The fourth-order valence-corrected chi connectivity index (χ4v) is 5.15. The second-order valence-corrected chi connectivity index (χ2v) is 8.17. The van der Waals surface area contributed by atoms with Crippen LogP contribution >= 0.6 is 0 Å². The molecule has 4 heteroatoms. The number of hydrogen-bond donors (Lipinski definition) is 1. The highest BCUT2D eigenvalue weighted by atomic mass is 32.2. The summed E-state index contributed by atoms with van der Waals surface area (Å²) in [6.07, 6.45) is 2.78. The molecule has 0 radical (unpaired) electrons. The highest BCUT2D eigenvalue weighted by Crippen LogP contribution is 2.33. The van der Waals surface area contributed by atoms with Crippen LogP contribution in [0.2, 0.25) is 0 Å². The molecule has 3 nitrogen and oxygen atoms in total. The highest BCUT2D eigenvalue weighted by molar-refractivity contribution is 7.91. The minimum atomic E-state index is -2.84. The third-order valence-electron chi connectivity index (χ3n) is 4.50. The molecule has 2 unspecified atom stereocenters. The molecule has 0 saturated carbocycles. The van der Waals surface area contributed by atoms with Crippen molar-refractivity contribution in [2.24, 2.45) is 5.92 Å². The second kappa shape index (κ2) is 6.93. The van der Waals surface area contributed by atoms with Gasteiger partial charge in [0.25, 0.3) is 0 Å². The first kappa shape index (κ1) is 16.5. The van der Waals surface area contributed by atoms with Gasteiger partial charge in [0.1, 0.15) is 0 Å². The zero-order valence-corrected chi connectivity index (χ0v) is 14.2. The third kappa shape index (κ3) is 3.86. The van der Waals surface area contributed by atoms with Crippen LogP contribution in [-0.4, -0.2) is 26.5 Å². The Morgan fingerprint density at radius 3 is 2.52 bits per heavy atom.